The lowest BCUT2D eigenvalue weighted by Crippen LogP contribution is -2.48. The van der Waals surface area contributed by atoms with Gasteiger partial charge in [0, 0.05) is 12.0 Å². The Morgan fingerprint density at radius 3 is 2.74 bits per heavy atom. The molecule has 1 N–H and O–H groups in total. The van der Waals surface area contributed by atoms with E-state index in [1.165, 1.54) is 37.7 Å². The second-order valence-corrected chi connectivity index (χ2v) is 13.7. The molecule has 0 aromatic rings. The summed E-state index contributed by atoms with van der Waals surface area (Å²) in [7, 11) is 0. The molecule has 2 heterocycles. The van der Waals surface area contributed by atoms with Crippen LogP contribution in [0, 0.1) is 39.9 Å². The van der Waals surface area contributed by atoms with Crippen LogP contribution in [-0.4, -0.2) is 30.3 Å². The molecule has 1 saturated carbocycles. The van der Waals surface area contributed by atoms with Crippen LogP contribution in [0.25, 0.3) is 0 Å². The highest BCUT2D eigenvalue weighted by molar-refractivity contribution is 5.28. The van der Waals surface area contributed by atoms with Gasteiger partial charge in [-0.3, -0.25) is 0 Å². The lowest BCUT2D eigenvalue weighted by molar-refractivity contribution is -0.0728. The number of piperidine rings is 1. The van der Waals surface area contributed by atoms with Crippen molar-refractivity contribution >= 4 is 0 Å². The van der Waals surface area contributed by atoms with Gasteiger partial charge in [-0.2, -0.15) is 4.91 Å². The van der Waals surface area contributed by atoms with E-state index in [-0.39, 0.29) is 17.1 Å². The smallest absolute Gasteiger partial charge is 0.0957 e. The predicted molar refractivity (Wildman–Crippen MR) is 144 cm³/mol. The Labute approximate surface area is 214 Å². The van der Waals surface area contributed by atoms with Crippen LogP contribution >= 0.6 is 0 Å². The minimum Gasteiger partial charge on any atom is -0.369 e. The Balaban J connectivity index is 1.41. The molecule has 1 spiro atoms. The van der Waals surface area contributed by atoms with E-state index in [0.29, 0.717) is 41.7 Å². The van der Waals surface area contributed by atoms with Crippen molar-refractivity contribution in [1.29, 1.82) is 0 Å². The number of nitrogens with zero attached hydrogens (tertiary/aromatic N) is 1. The molecule has 0 bridgehead atoms. The maximum Gasteiger partial charge on any atom is 0.0957 e. The van der Waals surface area contributed by atoms with E-state index >= 15 is 0 Å². The van der Waals surface area contributed by atoms with Gasteiger partial charge in [0.05, 0.1) is 17.7 Å². The van der Waals surface area contributed by atoms with Crippen molar-refractivity contribution in [3.05, 3.63) is 27.7 Å². The minimum absolute atomic E-state index is 0.00268. The third-order valence-electron chi connectivity index (χ3n) is 11.5. The Hall–Kier alpha value is -1.00. The van der Waals surface area contributed by atoms with Gasteiger partial charge in [0.1, 0.15) is 0 Å². The molecule has 0 aromatic heterocycles. The first kappa shape index (κ1) is 25.6. The van der Waals surface area contributed by atoms with Crippen molar-refractivity contribution in [3.63, 3.8) is 0 Å². The normalized spacial score (nSPS) is 48.6. The van der Waals surface area contributed by atoms with Gasteiger partial charge < -0.3 is 10.1 Å². The van der Waals surface area contributed by atoms with E-state index in [2.05, 4.69) is 58.1 Å². The van der Waals surface area contributed by atoms with Crippen molar-refractivity contribution in [1.82, 2.24) is 5.32 Å². The maximum absolute atomic E-state index is 11.3. The van der Waals surface area contributed by atoms with Gasteiger partial charge in [-0.05, 0) is 107 Å². The molecule has 9 unspecified atom stereocenters. The van der Waals surface area contributed by atoms with Crippen LogP contribution in [0.15, 0.2) is 28.0 Å². The van der Waals surface area contributed by atoms with E-state index in [1.807, 2.05) is 0 Å². The van der Waals surface area contributed by atoms with Gasteiger partial charge in [-0.15, -0.1) is 0 Å². The minimum atomic E-state index is -0.00892. The second-order valence-electron chi connectivity index (χ2n) is 13.7. The molecule has 0 amide bonds. The summed E-state index contributed by atoms with van der Waals surface area (Å²) in [6, 6.07) is 0.510. The molecule has 4 nitrogen and oxygen atoms in total. The quantitative estimate of drug-likeness (QED) is 0.333. The van der Waals surface area contributed by atoms with Crippen molar-refractivity contribution < 1.29 is 4.74 Å². The van der Waals surface area contributed by atoms with Crippen LogP contribution < -0.4 is 5.32 Å². The van der Waals surface area contributed by atoms with Gasteiger partial charge in [0.2, 0.25) is 0 Å². The SMILES string of the molecule is CC1=C(CC2C(C)CC=C3CC(N=O)CCC32C)C(C)CCCC2(C1)OC1C[C@H](C)CNC1C2C. The van der Waals surface area contributed by atoms with E-state index < -0.39 is 0 Å². The maximum atomic E-state index is 11.3. The third kappa shape index (κ3) is 4.49. The summed E-state index contributed by atoms with van der Waals surface area (Å²) in [4.78, 5) is 11.3. The number of nitroso groups, excluding NO2 is 1. The highest BCUT2D eigenvalue weighted by Crippen LogP contribution is 2.56. The fourth-order valence-corrected chi connectivity index (χ4v) is 9.10. The van der Waals surface area contributed by atoms with Crippen molar-refractivity contribution in [3.8, 4) is 0 Å². The van der Waals surface area contributed by atoms with Crippen LogP contribution in [0.3, 0.4) is 0 Å². The number of rotatable bonds is 3. The van der Waals surface area contributed by atoms with E-state index in [4.69, 9.17) is 4.74 Å². The highest BCUT2D eigenvalue weighted by Gasteiger charge is 2.54. The van der Waals surface area contributed by atoms with Crippen LogP contribution in [0.4, 0.5) is 0 Å². The number of fused-ring (bicyclic) bond motifs is 2. The fourth-order valence-electron chi connectivity index (χ4n) is 9.10. The molecule has 4 heteroatoms. The summed E-state index contributed by atoms with van der Waals surface area (Å²) < 4.78 is 7.06. The number of hydrogen-bond acceptors (Lipinski definition) is 4. The first-order valence-electron chi connectivity index (χ1n) is 14.8. The zero-order chi connectivity index (χ0) is 25.0. The Morgan fingerprint density at radius 1 is 1.17 bits per heavy atom. The lowest BCUT2D eigenvalue weighted by Gasteiger charge is -2.50. The first-order chi connectivity index (χ1) is 16.7. The predicted octanol–water partition coefficient (Wildman–Crippen LogP) is 7.58. The Kier molecular flexibility index (Phi) is 7.11. The van der Waals surface area contributed by atoms with Crippen LogP contribution in [0.2, 0.25) is 0 Å². The molecular formula is C31H50N2O2. The van der Waals surface area contributed by atoms with Gasteiger partial charge in [0.25, 0.3) is 0 Å². The summed E-state index contributed by atoms with van der Waals surface area (Å²) in [5, 5.41) is 7.30. The standard InChI is InChI=1S/C31H50N2O2/c1-19-14-28-29(32-18-19)23(5)31(35-28)12-7-8-20(2)26(22(4)17-31)16-27-21(3)9-10-24-15-25(33-34)11-13-30(24,27)6/h10,19-21,23,25,27-29,32H,7-9,11-18H2,1-6H3/t19-,20?,21?,23?,25?,27?,28?,29?,30?,31?/m0/s1. The number of ether oxygens (including phenoxy) is 1. The van der Waals surface area contributed by atoms with Gasteiger partial charge in [-0.25, -0.2) is 0 Å². The van der Waals surface area contributed by atoms with Gasteiger partial charge >= 0.3 is 0 Å². The summed E-state index contributed by atoms with van der Waals surface area (Å²) in [6.45, 7) is 15.9. The Bertz CT molecular complexity index is 879. The first-order valence-corrected chi connectivity index (χ1v) is 14.8. The molecule has 5 aliphatic rings. The number of hydrogen-bond donors (Lipinski definition) is 1. The van der Waals surface area contributed by atoms with Crippen molar-refractivity contribution in [2.45, 2.75) is 130 Å². The zero-order valence-corrected chi connectivity index (χ0v) is 23.2. The lowest BCUT2D eigenvalue weighted by atomic mass is 9.55. The van der Waals surface area contributed by atoms with Crippen LogP contribution in [-0.2, 0) is 4.74 Å². The number of allylic oxidation sites excluding steroid dienone is 2. The van der Waals surface area contributed by atoms with Crippen LogP contribution in [0.5, 0.6) is 0 Å². The molecule has 2 saturated heterocycles. The fraction of sp³-hybridized carbons (Fsp3) is 0.871. The molecule has 0 aromatic carbocycles. The second kappa shape index (κ2) is 9.71. The van der Waals surface area contributed by atoms with E-state index in [1.54, 1.807) is 11.1 Å². The van der Waals surface area contributed by atoms with E-state index in [9.17, 15) is 4.91 Å². The van der Waals surface area contributed by atoms with Gasteiger partial charge in [-0.1, -0.05) is 62.6 Å². The molecule has 35 heavy (non-hydrogen) atoms. The summed E-state index contributed by atoms with van der Waals surface area (Å²) in [6.07, 6.45) is 14.2. The average Bonchev–Trinajstić information content (AvgIpc) is 3.07. The largest absolute Gasteiger partial charge is 0.369 e. The average molecular weight is 483 g/mol. The molecule has 3 aliphatic carbocycles. The zero-order valence-electron chi connectivity index (χ0n) is 23.2. The molecule has 3 fully saturated rings. The molecule has 0 radical (unpaired) electrons. The van der Waals surface area contributed by atoms with Crippen molar-refractivity contribution in [2.75, 3.05) is 6.54 Å². The summed E-state index contributed by atoms with van der Waals surface area (Å²) in [5.74, 6) is 3.27. The van der Waals surface area contributed by atoms with Crippen molar-refractivity contribution in [2.24, 2.45) is 40.2 Å². The molecule has 2 aliphatic heterocycles. The van der Waals surface area contributed by atoms with Crippen LogP contribution in [0.1, 0.15) is 106 Å². The summed E-state index contributed by atoms with van der Waals surface area (Å²) in [5.41, 5.74) is 5.10. The number of nitrogens with one attached hydrogen (secondary N) is 1. The highest BCUT2D eigenvalue weighted by atomic mass is 16.5. The molecule has 5 rings (SSSR count). The van der Waals surface area contributed by atoms with Gasteiger partial charge in [0.15, 0.2) is 0 Å². The van der Waals surface area contributed by atoms with E-state index in [0.717, 1.165) is 38.6 Å². The third-order valence-corrected chi connectivity index (χ3v) is 11.5. The monoisotopic (exact) mass is 482 g/mol. The Morgan fingerprint density at radius 2 is 1.97 bits per heavy atom. The topological polar surface area (TPSA) is 50.7 Å². The molecule has 10 atom stereocenters. The molecule has 196 valence electrons. The molecular weight excluding hydrogens is 432 g/mol. The summed E-state index contributed by atoms with van der Waals surface area (Å²) >= 11 is 0.